The second kappa shape index (κ2) is 5.44. The number of hydrogen-bond acceptors (Lipinski definition) is 5. The van der Waals surface area contributed by atoms with Gasteiger partial charge in [0.05, 0.1) is 6.61 Å². The Morgan fingerprint density at radius 3 is 2.67 bits per heavy atom. The van der Waals surface area contributed by atoms with Gasteiger partial charge in [-0.1, -0.05) is 35.5 Å². The van der Waals surface area contributed by atoms with E-state index < -0.39 is 5.92 Å². The van der Waals surface area contributed by atoms with Crippen molar-refractivity contribution in [1.29, 1.82) is 0 Å². The van der Waals surface area contributed by atoms with Crippen LogP contribution in [0, 0.1) is 6.92 Å². The fraction of sp³-hybridized carbons (Fsp3) is 0.308. The van der Waals surface area contributed by atoms with Crippen LogP contribution in [0.15, 0.2) is 34.9 Å². The third-order valence-corrected chi connectivity index (χ3v) is 2.45. The molecule has 0 saturated carbocycles. The Labute approximate surface area is 105 Å². The minimum absolute atomic E-state index is 0.261. The molecular formula is C13H14N2O3. The Morgan fingerprint density at radius 2 is 2.11 bits per heavy atom. The van der Waals surface area contributed by atoms with E-state index in [-0.39, 0.29) is 11.9 Å². The normalized spacial score (nSPS) is 12.1. The summed E-state index contributed by atoms with van der Waals surface area (Å²) in [7, 11) is 0. The van der Waals surface area contributed by atoms with Gasteiger partial charge in [0, 0.05) is 0 Å². The smallest absolute Gasteiger partial charge is 0.323 e. The highest BCUT2D eigenvalue weighted by Crippen LogP contribution is 2.24. The van der Waals surface area contributed by atoms with Gasteiger partial charge in [-0.25, -0.2) is 0 Å². The van der Waals surface area contributed by atoms with E-state index in [4.69, 9.17) is 9.26 Å². The molecular weight excluding hydrogens is 232 g/mol. The maximum atomic E-state index is 12.0. The van der Waals surface area contributed by atoms with Gasteiger partial charge in [0.25, 0.3) is 0 Å². The number of rotatable bonds is 4. The van der Waals surface area contributed by atoms with Gasteiger partial charge in [-0.2, -0.15) is 4.98 Å². The topological polar surface area (TPSA) is 65.2 Å². The molecule has 1 atom stereocenters. The van der Waals surface area contributed by atoms with Crippen LogP contribution in [0.3, 0.4) is 0 Å². The molecule has 94 valence electrons. The number of aryl methyl sites for hydroxylation is 1. The maximum absolute atomic E-state index is 12.0. The van der Waals surface area contributed by atoms with Crippen LogP contribution in [0.5, 0.6) is 0 Å². The summed E-state index contributed by atoms with van der Waals surface area (Å²) in [5.74, 6) is -0.285. The van der Waals surface area contributed by atoms with Crippen LogP contribution in [0.1, 0.15) is 30.1 Å². The first-order valence-electron chi connectivity index (χ1n) is 5.74. The number of benzene rings is 1. The maximum Gasteiger partial charge on any atom is 0.323 e. The van der Waals surface area contributed by atoms with E-state index in [0.717, 1.165) is 5.56 Å². The summed E-state index contributed by atoms with van der Waals surface area (Å²) in [6.07, 6.45) is 0. The zero-order valence-corrected chi connectivity index (χ0v) is 10.3. The predicted molar refractivity (Wildman–Crippen MR) is 64.0 cm³/mol. The van der Waals surface area contributed by atoms with Crippen LogP contribution in [-0.4, -0.2) is 22.7 Å². The standard InChI is InChI=1S/C13H14N2O3/c1-3-17-13(16)11(10-7-5-4-6-8-10)12-14-9(2)15-18-12/h4-8,11H,3H2,1-2H3. The molecule has 0 aliphatic heterocycles. The van der Waals surface area contributed by atoms with Crippen molar-refractivity contribution in [2.24, 2.45) is 0 Å². The Balaban J connectivity index is 2.38. The summed E-state index contributed by atoms with van der Waals surface area (Å²) >= 11 is 0. The zero-order valence-electron chi connectivity index (χ0n) is 10.3. The quantitative estimate of drug-likeness (QED) is 0.773. The molecule has 0 amide bonds. The van der Waals surface area contributed by atoms with E-state index in [1.54, 1.807) is 13.8 Å². The highest BCUT2D eigenvalue weighted by molar-refractivity contribution is 5.80. The van der Waals surface area contributed by atoms with Crippen molar-refractivity contribution in [2.75, 3.05) is 6.61 Å². The van der Waals surface area contributed by atoms with E-state index in [0.29, 0.717) is 12.4 Å². The molecule has 0 aliphatic rings. The molecule has 2 aromatic rings. The van der Waals surface area contributed by atoms with Crippen LogP contribution in [0.2, 0.25) is 0 Å². The molecule has 5 nitrogen and oxygen atoms in total. The lowest BCUT2D eigenvalue weighted by Crippen LogP contribution is -2.17. The van der Waals surface area contributed by atoms with Crippen molar-refractivity contribution in [3.05, 3.63) is 47.6 Å². The molecule has 1 unspecified atom stereocenters. The van der Waals surface area contributed by atoms with Gasteiger partial charge in [-0.15, -0.1) is 0 Å². The summed E-state index contributed by atoms with van der Waals surface area (Å²) < 4.78 is 10.1. The lowest BCUT2D eigenvalue weighted by molar-refractivity contribution is -0.144. The second-order valence-electron chi connectivity index (χ2n) is 3.78. The molecule has 0 radical (unpaired) electrons. The Bertz CT molecular complexity index is 522. The van der Waals surface area contributed by atoms with Gasteiger partial charge in [0.1, 0.15) is 0 Å². The molecule has 5 heteroatoms. The van der Waals surface area contributed by atoms with E-state index in [9.17, 15) is 4.79 Å². The highest BCUT2D eigenvalue weighted by Gasteiger charge is 2.29. The number of carbonyl (C=O) groups is 1. The van der Waals surface area contributed by atoms with Gasteiger partial charge in [-0.3, -0.25) is 4.79 Å². The second-order valence-corrected chi connectivity index (χ2v) is 3.78. The van der Waals surface area contributed by atoms with Crippen LogP contribution >= 0.6 is 0 Å². The zero-order chi connectivity index (χ0) is 13.0. The number of carbonyl (C=O) groups excluding carboxylic acids is 1. The summed E-state index contributed by atoms with van der Waals surface area (Å²) in [5, 5.41) is 3.71. The van der Waals surface area contributed by atoms with Crippen molar-refractivity contribution >= 4 is 5.97 Å². The molecule has 1 heterocycles. The summed E-state index contributed by atoms with van der Waals surface area (Å²) in [6.45, 7) is 3.79. The van der Waals surface area contributed by atoms with Crippen molar-refractivity contribution < 1.29 is 14.1 Å². The monoisotopic (exact) mass is 246 g/mol. The minimum atomic E-state index is -0.660. The molecule has 1 aromatic carbocycles. The number of ether oxygens (including phenoxy) is 1. The van der Waals surface area contributed by atoms with Crippen molar-refractivity contribution in [1.82, 2.24) is 10.1 Å². The summed E-state index contributed by atoms with van der Waals surface area (Å²) in [5.41, 5.74) is 0.777. The number of hydrogen-bond donors (Lipinski definition) is 0. The predicted octanol–water partition coefficient (Wildman–Crippen LogP) is 2.07. The number of esters is 1. The molecule has 0 saturated heterocycles. The fourth-order valence-corrected chi connectivity index (χ4v) is 1.68. The summed E-state index contributed by atoms with van der Waals surface area (Å²) in [6, 6.07) is 9.25. The number of aromatic nitrogens is 2. The van der Waals surface area contributed by atoms with Crippen LogP contribution in [0.25, 0.3) is 0 Å². The molecule has 0 fully saturated rings. The van der Waals surface area contributed by atoms with E-state index in [2.05, 4.69) is 10.1 Å². The lowest BCUT2D eigenvalue weighted by atomic mass is 9.99. The minimum Gasteiger partial charge on any atom is -0.465 e. The van der Waals surface area contributed by atoms with Crippen LogP contribution in [-0.2, 0) is 9.53 Å². The molecule has 2 rings (SSSR count). The average Bonchev–Trinajstić information content (AvgIpc) is 2.78. The third kappa shape index (κ3) is 2.56. The van der Waals surface area contributed by atoms with E-state index in [1.165, 1.54) is 0 Å². The van der Waals surface area contributed by atoms with Crippen molar-refractivity contribution in [2.45, 2.75) is 19.8 Å². The van der Waals surface area contributed by atoms with E-state index in [1.807, 2.05) is 30.3 Å². The average molecular weight is 246 g/mol. The summed E-state index contributed by atoms with van der Waals surface area (Å²) in [4.78, 5) is 16.1. The SMILES string of the molecule is CCOC(=O)C(c1ccccc1)c1nc(C)no1. The molecule has 0 bridgehead atoms. The fourth-order valence-electron chi connectivity index (χ4n) is 1.68. The third-order valence-electron chi connectivity index (χ3n) is 2.45. The van der Waals surface area contributed by atoms with Gasteiger partial charge >= 0.3 is 5.97 Å². The molecule has 0 aliphatic carbocycles. The van der Waals surface area contributed by atoms with Crippen molar-refractivity contribution in [3.8, 4) is 0 Å². The van der Waals surface area contributed by atoms with Crippen molar-refractivity contribution in [3.63, 3.8) is 0 Å². The molecule has 1 aromatic heterocycles. The first-order chi connectivity index (χ1) is 8.72. The van der Waals surface area contributed by atoms with Gasteiger partial charge < -0.3 is 9.26 Å². The van der Waals surface area contributed by atoms with Crippen LogP contribution in [0.4, 0.5) is 0 Å². The van der Waals surface area contributed by atoms with Gasteiger partial charge in [0.2, 0.25) is 5.89 Å². The first-order valence-corrected chi connectivity index (χ1v) is 5.74. The lowest BCUT2D eigenvalue weighted by Gasteiger charge is -2.11. The largest absolute Gasteiger partial charge is 0.465 e. The Kier molecular flexibility index (Phi) is 3.72. The first kappa shape index (κ1) is 12.3. The molecule has 0 N–H and O–H groups in total. The Hall–Kier alpha value is -2.17. The van der Waals surface area contributed by atoms with E-state index >= 15 is 0 Å². The van der Waals surface area contributed by atoms with Gasteiger partial charge in [0.15, 0.2) is 11.7 Å². The Morgan fingerprint density at radius 1 is 1.39 bits per heavy atom. The molecule has 0 spiro atoms. The number of nitrogens with zero attached hydrogens (tertiary/aromatic N) is 2. The highest BCUT2D eigenvalue weighted by atomic mass is 16.5. The van der Waals surface area contributed by atoms with Gasteiger partial charge in [-0.05, 0) is 19.4 Å². The molecule has 18 heavy (non-hydrogen) atoms. The van der Waals surface area contributed by atoms with Crippen LogP contribution < -0.4 is 0 Å².